The second kappa shape index (κ2) is 3.45. The minimum Gasteiger partial charge on any atom is -0.461 e. The summed E-state index contributed by atoms with van der Waals surface area (Å²) in [6.45, 7) is -0.269. The van der Waals surface area contributed by atoms with Crippen LogP contribution in [-0.2, 0) is 19.1 Å². The van der Waals surface area contributed by atoms with Gasteiger partial charge in [-0.1, -0.05) is 0 Å². The Morgan fingerprint density at radius 2 is 2.45 bits per heavy atom. The molecule has 1 saturated heterocycles. The third-order valence-electron chi connectivity index (χ3n) is 1.23. The maximum atomic E-state index is 10.7. The van der Waals surface area contributed by atoms with Gasteiger partial charge in [0.15, 0.2) is 18.5 Å². The van der Waals surface area contributed by atoms with Crippen LogP contribution in [0.5, 0.6) is 0 Å². The number of aliphatic hydroxyl groups excluding tert-OH is 1. The van der Waals surface area contributed by atoms with Gasteiger partial charge in [-0.3, -0.25) is 0 Å². The van der Waals surface area contributed by atoms with Crippen molar-refractivity contribution in [2.45, 2.75) is 12.2 Å². The molecule has 62 valence electrons. The smallest absolute Gasteiger partial charge is 0.338 e. The molecule has 1 rings (SSSR count). The molecule has 0 saturated carbocycles. The largest absolute Gasteiger partial charge is 0.461 e. The van der Waals surface area contributed by atoms with Crippen LogP contribution in [0.4, 0.5) is 0 Å². The highest BCUT2D eigenvalue weighted by Crippen LogP contribution is 2.20. The predicted molar refractivity (Wildman–Crippen MR) is 32.8 cm³/mol. The van der Waals surface area contributed by atoms with Gasteiger partial charge in [0.05, 0.1) is 6.61 Å². The van der Waals surface area contributed by atoms with Crippen LogP contribution in [0.3, 0.4) is 0 Å². The van der Waals surface area contributed by atoms with E-state index in [0.717, 1.165) is 0 Å². The zero-order chi connectivity index (χ0) is 8.27. The fourth-order valence-corrected chi connectivity index (χ4v) is 0.645. The lowest BCUT2D eigenvalue weighted by molar-refractivity contribution is -0.146. The molecule has 0 aliphatic carbocycles. The molecule has 0 bridgehead atoms. The molecule has 5 heteroatoms. The monoisotopic (exact) mass is 160 g/mol. The van der Waals surface area contributed by atoms with Crippen LogP contribution in [0, 0.1) is 0 Å². The molecule has 2 unspecified atom stereocenters. The van der Waals surface area contributed by atoms with E-state index in [0.29, 0.717) is 6.29 Å². The van der Waals surface area contributed by atoms with Crippen LogP contribution in [0.15, 0.2) is 0 Å². The van der Waals surface area contributed by atoms with Crippen molar-refractivity contribution in [3.63, 3.8) is 0 Å². The van der Waals surface area contributed by atoms with Gasteiger partial charge in [0, 0.05) is 0 Å². The third-order valence-corrected chi connectivity index (χ3v) is 1.23. The first kappa shape index (κ1) is 8.16. The van der Waals surface area contributed by atoms with E-state index in [1.54, 1.807) is 0 Å². The minimum absolute atomic E-state index is 0.0513. The fourth-order valence-electron chi connectivity index (χ4n) is 0.645. The molecule has 11 heavy (non-hydrogen) atoms. The summed E-state index contributed by atoms with van der Waals surface area (Å²) < 4.78 is 9.08. The summed E-state index contributed by atoms with van der Waals surface area (Å²) in [5.41, 5.74) is 0. The minimum atomic E-state index is -0.737. The van der Waals surface area contributed by atoms with E-state index in [9.17, 15) is 9.59 Å². The first-order valence-corrected chi connectivity index (χ1v) is 3.18. The second-order valence-corrected chi connectivity index (χ2v) is 2.05. The van der Waals surface area contributed by atoms with Crippen molar-refractivity contribution in [2.75, 3.05) is 13.2 Å². The van der Waals surface area contributed by atoms with Crippen molar-refractivity contribution >= 4 is 12.3 Å². The number of rotatable bonds is 4. The van der Waals surface area contributed by atoms with Gasteiger partial charge >= 0.3 is 5.97 Å². The zero-order valence-corrected chi connectivity index (χ0v) is 5.73. The Hall–Kier alpha value is -0.940. The average molecular weight is 160 g/mol. The standard InChI is InChI=1S/C6H8O5/c7-1-2-10-6(9)5-4(3-8)11-5/h3-5,7H,1-2H2. The Morgan fingerprint density at radius 3 is 2.91 bits per heavy atom. The molecular weight excluding hydrogens is 152 g/mol. The number of hydrogen-bond donors (Lipinski definition) is 1. The number of esters is 1. The highest BCUT2D eigenvalue weighted by Gasteiger charge is 2.46. The number of aliphatic hydroxyl groups is 1. The quantitative estimate of drug-likeness (QED) is 0.307. The molecule has 1 N–H and O–H groups in total. The molecule has 1 aliphatic heterocycles. The highest BCUT2D eigenvalue weighted by atomic mass is 16.6. The Kier molecular flexibility index (Phi) is 2.56. The predicted octanol–water partition coefficient (Wildman–Crippen LogP) is -1.51. The van der Waals surface area contributed by atoms with Crippen LogP contribution in [0.25, 0.3) is 0 Å². The first-order chi connectivity index (χ1) is 5.29. The zero-order valence-electron chi connectivity index (χ0n) is 5.73. The van der Waals surface area contributed by atoms with E-state index in [1.165, 1.54) is 0 Å². The summed E-state index contributed by atoms with van der Waals surface area (Å²) >= 11 is 0. The normalized spacial score (nSPS) is 27.7. The van der Waals surface area contributed by atoms with Crippen molar-refractivity contribution in [3.05, 3.63) is 0 Å². The molecule has 0 aromatic rings. The molecule has 0 aromatic carbocycles. The Bertz CT molecular complexity index is 166. The van der Waals surface area contributed by atoms with Crippen molar-refractivity contribution in [2.24, 2.45) is 0 Å². The fraction of sp³-hybridized carbons (Fsp3) is 0.667. The summed E-state index contributed by atoms with van der Waals surface area (Å²) in [5, 5.41) is 8.25. The topological polar surface area (TPSA) is 76.1 Å². The lowest BCUT2D eigenvalue weighted by Crippen LogP contribution is -2.16. The Labute approximate surface area is 62.9 Å². The van der Waals surface area contributed by atoms with E-state index in [-0.39, 0.29) is 13.2 Å². The van der Waals surface area contributed by atoms with Crippen LogP contribution >= 0.6 is 0 Å². The summed E-state index contributed by atoms with van der Waals surface area (Å²) in [6.07, 6.45) is -0.828. The molecular formula is C6H8O5. The number of ether oxygens (including phenoxy) is 2. The van der Waals surface area contributed by atoms with Gasteiger partial charge in [0.25, 0.3) is 0 Å². The van der Waals surface area contributed by atoms with E-state index in [4.69, 9.17) is 5.11 Å². The number of hydrogen-bond acceptors (Lipinski definition) is 5. The summed E-state index contributed by atoms with van der Waals surface area (Å²) in [7, 11) is 0. The van der Waals surface area contributed by atoms with E-state index in [1.807, 2.05) is 0 Å². The molecule has 0 amide bonds. The lowest BCUT2D eigenvalue weighted by atomic mass is 10.3. The van der Waals surface area contributed by atoms with Crippen molar-refractivity contribution in [1.29, 1.82) is 0 Å². The van der Waals surface area contributed by atoms with E-state index >= 15 is 0 Å². The van der Waals surface area contributed by atoms with Crippen molar-refractivity contribution in [1.82, 2.24) is 0 Å². The van der Waals surface area contributed by atoms with Crippen LogP contribution in [0.2, 0.25) is 0 Å². The summed E-state index contributed by atoms with van der Waals surface area (Å²) in [5.74, 6) is -0.587. The maximum absolute atomic E-state index is 10.7. The van der Waals surface area contributed by atoms with Gasteiger partial charge in [-0.15, -0.1) is 0 Å². The van der Waals surface area contributed by atoms with Crippen LogP contribution in [0.1, 0.15) is 0 Å². The number of aldehydes is 1. The highest BCUT2D eigenvalue weighted by molar-refractivity contribution is 5.84. The average Bonchev–Trinajstić information content (AvgIpc) is 2.78. The second-order valence-electron chi connectivity index (χ2n) is 2.05. The molecule has 0 aromatic heterocycles. The maximum Gasteiger partial charge on any atom is 0.338 e. The van der Waals surface area contributed by atoms with Gasteiger partial charge in [-0.2, -0.15) is 0 Å². The molecule has 1 heterocycles. The SMILES string of the molecule is O=CC1OC1C(=O)OCCO. The van der Waals surface area contributed by atoms with Crippen LogP contribution in [-0.4, -0.2) is 42.8 Å². The van der Waals surface area contributed by atoms with Gasteiger partial charge < -0.3 is 19.4 Å². The molecule has 0 radical (unpaired) electrons. The summed E-state index contributed by atoms with van der Waals surface area (Å²) in [6, 6.07) is 0. The van der Waals surface area contributed by atoms with Gasteiger partial charge in [0.2, 0.25) is 0 Å². The molecule has 1 aliphatic rings. The number of epoxide rings is 1. The molecule has 2 atom stereocenters. The third kappa shape index (κ3) is 1.99. The molecule has 5 nitrogen and oxygen atoms in total. The van der Waals surface area contributed by atoms with E-state index < -0.39 is 18.2 Å². The molecule has 0 spiro atoms. The Morgan fingerprint density at radius 1 is 1.73 bits per heavy atom. The van der Waals surface area contributed by atoms with Gasteiger partial charge in [0.1, 0.15) is 6.61 Å². The molecule has 1 fully saturated rings. The number of carbonyl (C=O) groups excluding carboxylic acids is 2. The Balaban J connectivity index is 2.17. The van der Waals surface area contributed by atoms with Gasteiger partial charge in [-0.05, 0) is 0 Å². The summed E-state index contributed by atoms with van der Waals surface area (Å²) in [4.78, 5) is 20.7. The van der Waals surface area contributed by atoms with E-state index in [2.05, 4.69) is 9.47 Å². The lowest BCUT2D eigenvalue weighted by Gasteiger charge is -1.97. The van der Waals surface area contributed by atoms with Crippen molar-refractivity contribution < 1.29 is 24.2 Å². The van der Waals surface area contributed by atoms with Gasteiger partial charge in [-0.25, -0.2) is 4.79 Å². The van der Waals surface area contributed by atoms with Crippen LogP contribution < -0.4 is 0 Å². The van der Waals surface area contributed by atoms with Crippen molar-refractivity contribution in [3.8, 4) is 0 Å². The first-order valence-electron chi connectivity index (χ1n) is 3.18. The number of carbonyl (C=O) groups is 2.